The van der Waals surface area contributed by atoms with E-state index in [1.54, 1.807) is 18.2 Å². The van der Waals surface area contributed by atoms with Gasteiger partial charge in [-0.25, -0.2) is 0 Å². The van der Waals surface area contributed by atoms with Gasteiger partial charge < -0.3 is 5.32 Å². The molecule has 0 atom stereocenters. The van der Waals surface area contributed by atoms with E-state index >= 15 is 0 Å². The van der Waals surface area contributed by atoms with E-state index in [4.69, 9.17) is 0 Å². The number of hydrogen-bond donors (Lipinski definition) is 2. The van der Waals surface area contributed by atoms with Gasteiger partial charge in [-0.15, -0.1) is 11.8 Å². The molecule has 8 heteroatoms. The second-order valence-corrected chi connectivity index (χ2v) is 6.84. The van der Waals surface area contributed by atoms with Crippen LogP contribution in [0.2, 0.25) is 0 Å². The van der Waals surface area contributed by atoms with E-state index in [1.165, 1.54) is 25.9 Å². The van der Waals surface area contributed by atoms with Crippen LogP contribution in [0.1, 0.15) is 0 Å². The number of anilines is 2. The SMILES string of the molecule is CN(C)S(=O)(=O)Nc1ccc2c(c1)NC(=O)CS2. The number of fused-ring (bicyclic) bond motifs is 1. The van der Waals surface area contributed by atoms with Crippen molar-refractivity contribution in [3.8, 4) is 0 Å². The normalized spacial score (nSPS) is 15.2. The average molecular weight is 287 g/mol. The number of amides is 1. The maximum absolute atomic E-state index is 11.7. The molecule has 98 valence electrons. The van der Waals surface area contributed by atoms with Crippen LogP contribution in [-0.4, -0.2) is 38.5 Å². The molecule has 1 heterocycles. The molecule has 1 aliphatic heterocycles. The summed E-state index contributed by atoms with van der Waals surface area (Å²) in [6, 6.07) is 5.07. The largest absolute Gasteiger partial charge is 0.324 e. The third-order valence-corrected chi connectivity index (χ3v) is 4.87. The molecule has 0 radical (unpaired) electrons. The van der Waals surface area contributed by atoms with Crippen molar-refractivity contribution in [2.75, 3.05) is 29.9 Å². The van der Waals surface area contributed by atoms with E-state index in [0.29, 0.717) is 17.1 Å². The van der Waals surface area contributed by atoms with Crippen molar-refractivity contribution < 1.29 is 13.2 Å². The molecule has 0 aromatic heterocycles. The lowest BCUT2D eigenvalue weighted by molar-refractivity contribution is -0.113. The van der Waals surface area contributed by atoms with Crippen LogP contribution < -0.4 is 10.0 Å². The zero-order valence-corrected chi connectivity index (χ0v) is 11.6. The molecule has 0 aliphatic carbocycles. The highest BCUT2D eigenvalue weighted by Gasteiger charge is 2.18. The molecule has 0 spiro atoms. The van der Waals surface area contributed by atoms with Crippen molar-refractivity contribution >= 4 is 39.3 Å². The topological polar surface area (TPSA) is 78.5 Å². The van der Waals surface area contributed by atoms with Gasteiger partial charge in [-0.2, -0.15) is 12.7 Å². The van der Waals surface area contributed by atoms with Crippen LogP contribution in [0.4, 0.5) is 11.4 Å². The number of thioether (sulfide) groups is 1. The number of hydrogen-bond acceptors (Lipinski definition) is 4. The van der Waals surface area contributed by atoms with Gasteiger partial charge in [0.2, 0.25) is 5.91 Å². The van der Waals surface area contributed by atoms with Crippen molar-refractivity contribution in [2.24, 2.45) is 0 Å². The molecule has 2 rings (SSSR count). The highest BCUT2D eigenvalue weighted by atomic mass is 32.2. The molecular weight excluding hydrogens is 274 g/mol. The molecule has 18 heavy (non-hydrogen) atoms. The summed E-state index contributed by atoms with van der Waals surface area (Å²) >= 11 is 1.43. The van der Waals surface area contributed by atoms with Crippen LogP contribution in [0.25, 0.3) is 0 Å². The quantitative estimate of drug-likeness (QED) is 0.867. The zero-order chi connectivity index (χ0) is 13.3. The van der Waals surface area contributed by atoms with Crippen molar-refractivity contribution in [3.05, 3.63) is 18.2 Å². The summed E-state index contributed by atoms with van der Waals surface area (Å²) in [6.07, 6.45) is 0. The molecule has 6 nitrogen and oxygen atoms in total. The minimum atomic E-state index is -3.53. The summed E-state index contributed by atoms with van der Waals surface area (Å²) in [7, 11) is -0.642. The standard InChI is InChI=1S/C10H13N3O3S2/c1-13(2)18(15,16)12-7-3-4-9-8(5-7)11-10(14)6-17-9/h3-5,12H,6H2,1-2H3,(H,11,14). The van der Waals surface area contributed by atoms with Gasteiger partial charge in [-0.1, -0.05) is 0 Å². The van der Waals surface area contributed by atoms with Crippen molar-refractivity contribution in [1.82, 2.24) is 4.31 Å². The molecule has 0 unspecified atom stereocenters. The van der Waals surface area contributed by atoms with Gasteiger partial charge in [0.15, 0.2) is 0 Å². The molecule has 0 fully saturated rings. The van der Waals surface area contributed by atoms with E-state index in [-0.39, 0.29) is 5.91 Å². The third kappa shape index (κ3) is 2.77. The Morgan fingerprint density at radius 2 is 2.11 bits per heavy atom. The molecule has 1 aliphatic rings. The molecule has 0 bridgehead atoms. The Labute approximate surface area is 110 Å². The number of rotatable bonds is 3. The fourth-order valence-electron chi connectivity index (χ4n) is 1.39. The van der Waals surface area contributed by atoms with Gasteiger partial charge in [0, 0.05) is 19.0 Å². The fraction of sp³-hybridized carbons (Fsp3) is 0.300. The molecule has 0 saturated heterocycles. The number of carbonyl (C=O) groups is 1. The minimum Gasteiger partial charge on any atom is -0.324 e. The summed E-state index contributed by atoms with van der Waals surface area (Å²) in [5.41, 5.74) is 1.06. The Morgan fingerprint density at radius 1 is 1.39 bits per heavy atom. The maximum atomic E-state index is 11.7. The molecular formula is C10H13N3O3S2. The smallest absolute Gasteiger partial charge is 0.301 e. The van der Waals surface area contributed by atoms with Crippen LogP contribution in [0, 0.1) is 0 Å². The van der Waals surface area contributed by atoms with Gasteiger partial charge in [0.05, 0.1) is 17.1 Å². The first kappa shape index (κ1) is 13.2. The Kier molecular flexibility index (Phi) is 3.51. The van der Waals surface area contributed by atoms with Gasteiger partial charge in [-0.3, -0.25) is 9.52 Å². The maximum Gasteiger partial charge on any atom is 0.301 e. The Hall–Kier alpha value is -1.25. The molecule has 1 aromatic carbocycles. The summed E-state index contributed by atoms with van der Waals surface area (Å²) in [4.78, 5) is 12.2. The highest BCUT2D eigenvalue weighted by molar-refractivity contribution is 8.00. The Balaban J connectivity index is 2.27. The second kappa shape index (κ2) is 4.79. The van der Waals surface area contributed by atoms with Gasteiger partial charge in [0.25, 0.3) is 0 Å². The van der Waals surface area contributed by atoms with Crippen LogP contribution in [-0.2, 0) is 15.0 Å². The predicted molar refractivity (Wildman–Crippen MR) is 72.0 cm³/mol. The summed E-state index contributed by atoms with van der Waals surface area (Å²) < 4.78 is 26.8. The van der Waals surface area contributed by atoms with E-state index in [1.807, 2.05) is 0 Å². The first-order chi connectivity index (χ1) is 8.38. The number of nitrogens with one attached hydrogen (secondary N) is 2. The lowest BCUT2D eigenvalue weighted by Crippen LogP contribution is -2.29. The lowest BCUT2D eigenvalue weighted by Gasteiger charge is -2.18. The van der Waals surface area contributed by atoms with Gasteiger partial charge >= 0.3 is 10.2 Å². The fourth-order valence-corrected chi connectivity index (χ4v) is 2.78. The Morgan fingerprint density at radius 3 is 2.78 bits per heavy atom. The highest BCUT2D eigenvalue weighted by Crippen LogP contribution is 2.33. The van der Waals surface area contributed by atoms with E-state index in [0.717, 1.165) is 9.20 Å². The predicted octanol–water partition coefficient (Wildman–Crippen LogP) is 0.949. The Bertz CT molecular complexity index is 584. The molecule has 0 saturated carbocycles. The third-order valence-electron chi connectivity index (χ3n) is 2.34. The number of nitrogens with zero attached hydrogens (tertiary/aromatic N) is 1. The van der Waals surface area contributed by atoms with Crippen molar-refractivity contribution in [1.29, 1.82) is 0 Å². The number of benzene rings is 1. The molecule has 1 amide bonds. The first-order valence-electron chi connectivity index (χ1n) is 5.15. The number of carbonyl (C=O) groups excluding carboxylic acids is 1. The van der Waals surface area contributed by atoms with Crippen LogP contribution >= 0.6 is 11.8 Å². The second-order valence-electron chi connectivity index (χ2n) is 3.94. The van der Waals surface area contributed by atoms with E-state index in [2.05, 4.69) is 10.0 Å². The summed E-state index contributed by atoms with van der Waals surface area (Å²) in [6.45, 7) is 0. The lowest BCUT2D eigenvalue weighted by atomic mass is 10.3. The zero-order valence-electron chi connectivity index (χ0n) is 9.93. The van der Waals surface area contributed by atoms with Crippen LogP contribution in [0.15, 0.2) is 23.1 Å². The monoisotopic (exact) mass is 287 g/mol. The van der Waals surface area contributed by atoms with Crippen molar-refractivity contribution in [2.45, 2.75) is 4.90 Å². The van der Waals surface area contributed by atoms with Crippen molar-refractivity contribution in [3.63, 3.8) is 0 Å². The molecule has 2 N–H and O–H groups in total. The average Bonchev–Trinajstić information content (AvgIpc) is 2.27. The first-order valence-corrected chi connectivity index (χ1v) is 7.58. The summed E-state index contributed by atoms with van der Waals surface area (Å²) in [5.74, 6) is 0.301. The van der Waals surface area contributed by atoms with Crippen LogP contribution in [0.3, 0.4) is 0 Å². The molecule has 1 aromatic rings. The van der Waals surface area contributed by atoms with Gasteiger partial charge in [0.1, 0.15) is 0 Å². The van der Waals surface area contributed by atoms with Crippen LogP contribution in [0.5, 0.6) is 0 Å². The van der Waals surface area contributed by atoms with E-state index < -0.39 is 10.2 Å². The van der Waals surface area contributed by atoms with E-state index in [9.17, 15) is 13.2 Å². The van der Waals surface area contributed by atoms with Gasteiger partial charge in [-0.05, 0) is 18.2 Å². The minimum absolute atomic E-state index is 0.0832. The summed E-state index contributed by atoms with van der Waals surface area (Å²) in [5, 5.41) is 2.71.